The van der Waals surface area contributed by atoms with E-state index in [9.17, 15) is 9.36 Å². The molecule has 6 nitrogen and oxygen atoms in total. The van der Waals surface area contributed by atoms with E-state index in [1.165, 1.54) is 148 Å². The normalized spacial score (nSPS) is 11.6. The molecule has 0 fully saturated rings. The number of hydrogen-bond donors (Lipinski definition) is 2. The summed E-state index contributed by atoms with van der Waals surface area (Å²) in [7, 11) is -4.28. The van der Waals surface area contributed by atoms with Gasteiger partial charge in [-0.3, -0.25) is 4.52 Å². The van der Waals surface area contributed by atoms with Crippen LogP contribution in [0.5, 0.6) is 0 Å². The predicted octanol–water partition coefficient (Wildman–Crippen LogP) is 9.96. The summed E-state index contributed by atoms with van der Waals surface area (Å²) in [6.07, 6.45) is 37.0. The maximum atomic E-state index is 10.6. The van der Waals surface area contributed by atoms with Crippen molar-refractivity contribution in [2.75, 3.05) is 13.2 Å². The first kappa shape index (κ1) is 36.5. The highest BCUT2D eigenvalue weighted by Gasteiger charge is 2.12. The van der Waals surface area contributed by atoms with Crippen LogP contribution in [-0.4, -0.2) is 29.0 Å². The molecule has 0 aliphatic rings. The van der Waals surface area contributed by atoms with E-state index in [0.29, 0.717) is 6.54 Å². The zero-order chi connectivity index (χ0) is 27.1. The number of unbranched alkanes of at least 4 members (excludes halogenated alkanes) is 26. The van der Waals surface area contributed by atoms with Crippen molar-refractivity contribution in [2.24, 2.45) is 4.99 Å². The third kappa shape index (κ3) is 35.5. The molecule has 0 unspecified atom stereocenters. The molecule has 0 radical (unpaired) electrons. The van der Waals surface area contributed by atoms with Gasteiger partial charge >= 0.3 is 7.82 Å². The Hall–Kier alpha value is -0.510. The topological polar surface area (TPSA) is 96.2 Å². The van der Waals surface area contributed by atoms with Gasteiger partial charge in [-0.05, 0) is 12.8 Å². The van der Waals surface area contributed by atoms with Crippen LogP contribution >= 0.6 is 7.82 Å². The molecule has 7 heteroatoms. The van der Waals surface area contributed by atoms with Crippen molar-refractivity contribution < 1.29 is 23.7 Å². The van der Waals surface area contributed by atoms with E-state index >= 15 is 0 Å². The van der Waals surface area contributed by atoms with Crippen molar-refractivity contribution in [2.45, 2.75) is 173 Å². The lowest BCUT2D eigenvalue weighted by Crippen LogP contribution is -1.92. The molecule has 37 heavy (non-hydrogen) atoms. The Morgan fingerprint density at radius 3 is 0.946 bits per heavy atom. The second kappa shape index (κ2) is 30.0. The fraction of sp³-hybridized carbons (Fsp3) is 0.967. The van der Waals surface area contributed by atoms with Crippen LogP contribution in [0.15, 0.2) is 4.99 Å². The third-order valence-electron chi connectivity index (χ3n) is 7.24. The van der Waals surface area contributed by atoms with Crippen LogP contribution in [0.2, 0.25) is 0 Å². The summed E-state index contributed by atoms with van der Waals surface area (Å²) in [5, 5.41) is 0. The minimum Gasteiger partial charge on any atom is -0.303 e. The van der Waals surface area contributed by atoms with Crippen molar-refractivity contribution in [3.05, 3.63) is 0 Å². The molecule has 0 bridgehead atoms. The van der Waals surface area contributed by atoms with Gasteiger partial charge in [0.05, 0.1) is 13.2 Å². The number of isocyanates is 1. The fourth-order valence-corrected chi connectivity index (χ4v) is 5.31. The van der Waals surface area contributed by atoms with E-state index in [0.717, 1.165) is 25.7 Å². The fourth-order valence-electron chi connectivity index (χ4n) is 4.94. The van der Waals surface area contributed by atoms with E-state index in [2.05, 4.69) is 9.52 Å². The Morgan fingerprint density at radius 2 is 0.703 bits per heavy atom. The molecular weight excluding hydrogens is 485 g/mol. The van der Waals surface area contributed by atoms with Gasteiger partial charge in [-0.2, -0.15) is 0 Å². The second-order valence-corrected chi connectivity index (χ2v) is 12.1. The van der Waals surface area contributed by atoms with Crippen molar-refractivity contribution in [1.29, 1.82) is 0 Å². The molecule has 0 amide bonds. The van der Waals surface area contributed by atoms with Crippen LogP contribution in [0.3, 0.4) is 0 Å². The van der Waals surface area contributed by atoms with Crippen LogP contribution in [0.1, 0.15) is 173 Å². The standard InChI is InChI=1S/C30H60NO5P/c32-30-31-28-26-24-22-20-18-16-14-12-10-8-6-4-2-1-3-5-7-9-11-13-15-17-19-21-23-25-27-29-36-37(33,34)35/h1-29H2,(H2,33,34,35). The second-order valence-electron chi connectivity index (χ2n) is 10.8. The molecule has 0 aromatic heterocycles. The Balaban J connectivity index is 3.05. The number of phosphoric ester groups is 1. The molecule has 0 heterocycles. The lowest BCUT2D eigenvalue weighted by Gasteiger charge is -2.05. The van der Waals surface area contributed by atoms with Crippen LogP contribution in [0, 0.1) is 0 Å². The number of carbonyl (C=O) groups excluding carboxylic acids is 1. The summed E-state index contributed by atoms with van der Waals surface area (Å²) in [4.78, 5) is 30.8. The zero-order valence-corrected chi connectivity index (χ0v) is 24.9. The zero-order valence-electron chi connectivity index (χ0n) is 24.0. The van der Waals surface area contributed by atoms with Crippen molar-refractivity contribution in [1.82, 2.24) is 0 Å². The quantitative estimate of drug-likeness (QED) is 0.0391. The molecule has 0 aliphatic heterocycles. The van der Waals surface area contributed by atoms with Crippen LogP contribution in [0.25, 0.3) is 0 Å². The van der Waals surface area contributed by atoms with Gasteiger partial charge in [-0.1, -0.05) is 161 Å². The number of rotatable bonds is 31. The van der Waals surface area contributed by atoms with Gasteiger partial charge in [-0.25, -0.2) is 14.4 Å². The number of aliphatic imine (C=N–C) groups is 1. The smallest absolute Gasteiger partial charge is 0.303 e. The van der Waals surface area contributed by atoms with E-state index < -0.39 is 7.82 Å². The summed E-state index contributed by atoms with van der Waals surface area (Å²) >= 11 is 0. The van der Waals surface area contributed by atoms with Crippen molar-refractivity contribution >= 4 is 13.9 Å². The van der Waals surface area contributed by atoms with Crippen LogP contribution < -0.4 is 0 Å². The Morgan fingerprint density at radius 1 is 0.459 bits per heavy atom. The average Bonchev–Trinajstić information content (AvgIpc) is 2.86. The summed E-state index contributed by atoms with van der Waals surface area (Å²) in [6.45, 7) is 0.817. The summed E-state index contributed by atoms with van der Waals surface area (Å²) in [5.41, 5.74) is 0. The Labute approximate surface area is 229 Å². The highest BCUT2D eigenvalue weighted by molar-refractivity contribution is 7.46. The molecule has 0 aromatic rings. The third-order valence-corrected chi connectivity index (χ3v) is 7.76. The largest absolute Gasteiger partial charge is 0.469 e. The highest BCUT2D eigenvalue weighted by Crippen LogP contribution is 2.35. The minimum atomic E-state index is -4.28. The van der Waals surface area contributed by atoms with Crippen molar-refractivity contribution in [3.63, 3.8) is 0 Å². The van der Waals surface area contributed by atoms with E-state index in [-0.39, 0.29) is 6.61 Å². The van der Waals surface area contributed by atoms with Gasteiger partial charge in [0.1, 0.15) is 0 Å². The molecule has 0 saturated heterocycles. The molecule has 220 valence electrons. The molecular formula is C30H60NO5P. The molecule has 2 N–H and O–H groups in total. The lowest BCUT2D eigenvalue weighted by atomic mass is 10.0. The van der Waals surface area contributed by atoms with Crippen molar-refractivity contribution in [3.8, 4) is 0 Å². The van der Waals surface area contributed by atoms with Crippen LogP contribution in [-0.2, 0) is 13.9 Å². The van der Waals surface area contributed by atoms with E-state index in [1.807, 2.05) is 0 Å². The molecule has 0 spiro atoms. The maximum Gasteiger partial charge on any atom is 0.469 e. The number of hydrogen-bond acceptors (Lipinski definition) is 4. The van der Waals surface area contributed by atoms with E-state index in [4.69, 9.17) is 9.79 Å². The van der Waals surface area contributed by atoms with Gasteiger partial charge in [0.15, 0.2) is 0 Å². The molecule has 0 aliphatic carbocycles. The minimum absolute atomic E-state index is 0.163. The average molecular weight is 546 g/mol. The molecule has 0 saturated carbocycles. The summed E-state index contributed by atoms with van der Waals surface area (Å²) in [6, 6.07) is 0. The Kier molecular flexibility index (Phi) is 29.6. The van der Waals surface area contributed by atoms with Gasteiger partial charge in [0.25, 0.3) is 0 Å². The first-order valence-corrected chi connectivity index (χ1v) is 17.3. The lowest BCUT2D eigenvalue weighted by molar-refractivity contribution is 0.193. The van der Waals surface area contributed by atoms with E-state index in [1.54, 1.807) is 6.08 Å². The first-order chi connectivity index (χ1) is 18.1. The van der Waals surface area contributed by atoms with Crippen LogP contribution in [0.4, 0.5) is 0 Å². The van der Waals surface area contributed by atoms with Gasteiger partial charge in [0.2, 0.25) is 6.08 Å². The number of phosphoric acid groups is 1. The predicted molar refractivity (Wildman–Crippen MR) is 156 cm³/mol. The molecule has 0 rings (SSSR count). The first-order valence-electron chi connectivity index (χ1n) is 15.8. The summed E-state index contributed by atoms with van der Waals surface area (Å²) < 4.78 is 15.0. The van der Waals surface area contributed by atoms with Gasteiger partial charge in [0, 0.05) is 0 Å². The molecule has 0 atom stereocenters. The van der Waals surface area contributed by atoms with Gasteiger partial charge in [-0.15, -0.1) is 0 Å². The van der Waals surface area contributed by atoms with Gasteiger partial charge < -0.3 is 9.79 Å². The summed E-state index contributed by atoms with van der Waals surface area (Å²) in [5.74, 6) is 0. The monoisotopic (exact) mass is 545 g/mol. The number of nitrogens with zero attached hydrogens (tertiary/aromatic N) is 1. The molecule has 0 aromatic carbocycles. The maximum absolute atomic E-state index is 10.6. The highest BCUT2D eigenvalue weighted by atomic mass is 31.2. The Bertz CT molecular complexity index is 548. The SMILES string of the molecule is O=C=NCCCCCCCCCCCCCCCCCCCCCCCCCCCCCOP(=O)(O)O.